The summed E-state index contributed by atoms with van der Waals surface area (Å²) in [6.45, 7) is 2.88. The van der Waals surface area contributed by atoms with Gasteiger partial charge >= 0.3 is 6.18 Å². The predicted molar refractivity (Wildman–Crippen MR) is 70.2 cm³/mol. The molecule has 0 aliphatic carbocycles. The number of nitrogens with zero attached hydrogens (tertiary/aromatic N) is 2. The number of anilines is 2. The van der Waals surface area contributed by atoms with Gasteiger partial charge in [-0.05, 0) is 18.2 Å². The Kier molecular flexibility index (Phi) is 4.19. The van der Waals surface area contributed by atoms with E-state index in [9.17, 15) is 13.2 Å². The molecule has 106 valence electrons. The Morgan fingerprint density at radius 2 is 1.79 bits per heavy atom. The van der Waals surface area contributed by atoms with Crippen molar-refractivity contribution in [2.24, 2.45) is 0 Å². The SMILES string of the molecule is Nc1cccc(N2CCN(CCC(F)(F)F)CC2)c1. The molecule has 2 rings (SSSR count). The Bertz CT molecular complexity index is 412. The summed E-state index contributed by atoms with van der Waals surface area (Å²) in [6, 6.07) is 7.58. The largest absolute Gasteiger partial charge is 0.399 e. The number of benzene rings is 1. The zero-order valence-electron chi connectivity index (χ0n) is 10.7. The summed E-state index contributed by atoms with van der Waals surface area (Å²) < 4.78 is 36.4. The Morgan fingerprint density at radius 3 is 2.37 bits per heavy atom. The van der Waals surface area contributed by atoms with Crippen LogP contribution >= 0.6 is 0 Å². The molecule has 0 spiro atoms. The molecule has 6 heteroatoms. The maximum absolute atomic E-state index is 12.1. The van der Waals surface area contributed by atoms with E-state index >= 15 is 0 Å². The number of alkyl halides is 3. The van der Waals surface area contributed by atoms with Gasteiger partial charge < -0.3 is 10.6 Å². The van der Waals surface area contributed by atoms with Crippen LogP contribution < -0.4 is 10.6 Å². The minimum absolute atomic E-state index is 0.0915. The fraction of sp³-hybridized carbons (Fsp3) is 0.538. The zero-order chi connectivity index (χ0) is 13.9. The molecule has 1 saturated heterocycles. The van der Waals surface area contributed by atoms with Crippen LogP contribution in [0, 0.1) is 0 Å². The lowest BCUT2D eigenvalue weighted by molar-refractivity contribution is -0.138. The molecule has 0 saturated carbocycles. The second kappa shape index (κ2) is 5.69. The van der Waals surface area contributed by atoms with E-state index in [-0.39, 0.29) is 6.54 Å². The molecule has 3 nitrogen and oxygen atoms in total. The van der Waals surface area contributed by atoms with Gasteiger partial charge in [0, 0.05) is 44.1 Å². The molecule has 0 radical (unpaired) electrons. The average molecular weight is 273 g/mol. The molecule has 1 aliphatic rings. The number of hydrogen-bond donors (Lipinski definition) is 1. The summed E-state index contributed by atoms with van der Waals surface area (Å²) >= 11 is 0. The first-order valence-corrected chi connectivity index (χ1v) is 6.34. The first kappa shape index (κ1) is 14.0. The summed E-state index contributed by atoms with van der Waals surface area (Å²) in [5.41, 5.74) is 7.47. The van der Waals surface area contributed by atoms with Gasteiger partial charge in [0.2, 0.25) is 0 Å². The lowest BCUT2D eigenvalue weighted by Crippen LogP contribution is -2.47. The van der Waals surface area contributed by atoms with Gasteiger partial charge in [-0.2, -0.15) is 13.2 Å². The second-order valence-corrected chi connectivity index (χ2v) is 4.79. The zero-order valence-corrected chi connectivity index (χ0v) is 10.7. The quantitative estimate of drug-likeness (QED) is 0.858. The topological polar surface area (TPSA) is 32.5 Å². The first-order chi connectivity index (χ1) is 8.94. The molecule has 1 aromatic rings. The van der Waals surface area contributed by atoms with Crippen LogP contribution in [0.1, 0.15) is 6.42 Å². The number of rotatable bonds is 3. The smallest absolute Gasteiger partial charge is 0.390 e. The van der Waals surface area contributed by atoms with Crippen molar-refractivity contribution < 1.29 is 13.2 Å². The predicted octanol–water partition coefficient (Wildman–Crippen LogP) is 2.34. The highest BCUT2D eigenvalue weighted by Gasteiger charge is 2.28. The van der Waals surface area contributed by atoms with Crippen molar-refractivity contribution in [3.05, 3.63) is 24.3 Å². The van der Waals surface area contributed by atoms with Crippen LogP contribution in [-0.4, -0.2) is 43.8 Å². The molecule has 0 unspecified atom stereocenters. The van der Waals surface area contributed by atoms with Crippen LogP contribution in [0.25, 0.3) is 0 Å². The maximum Gasteiger partial charge on any atom is 0.390 e. The van der Waals surface area contributed by atoms with Gasteiger partial charge in [0.25, 0.3) is 0 Å². The van der Waals surface area contributed by atoms with Crippen molar-refractivity contribution in [1.82, 2.24) is 4.90 Å². The van der Waals surface area contributed by atoms with E-state index in [0.717, 1.165) is 18.8 Å². The van der Waals surface area contributed by atoms with E-state index in [1.54, 1.807) is 0 Å². The minimum atomic E-state index is -4.06. The van der Waals surface area contributed by atoms with E-state index < -0.39 is 12.6 Å². The fourth-order valence-corrected chi connectivity index (χ4v) is 2.24. The van der Waals surface area contributed by atoms with Crippen LogP contribution in [0.2, 0.25) is 0 Å². The van der Waals surface area contributed by atoms with Crippen LogP contribution in [-0.2, 0) is 0 Å². The third-order valence-corrected chi connectivity index (χ3v) is 3.32. The van der Waals surface area contributed by atoms with Crippen LogP contribution in [0.3, 0.4) is 0 Å². The molecule has 1 fully saturated rings. The molecule has 1 aromatic carbocycles. The second-order valence-electron chi connectivity index (χ2n) is 4.79. The standard InChI is InChI=1S/C13H18F3N3/c14-13(15,16)4-5-18-6-8-19(9-7-18)12-3-1-2-11(17)10-12/h1-3,10H,4-9,17H2. The Hall–Kier alpha value is -1.43. The van der Waals surface area contributed by atoms with Crippen molar-refractivity contribution in [3.8, 4) is 0 Å². The Balaban J connectivity index is 1.82. The number of nitrogens with two attached hydrogens (primary N) is 1. The van der Waals surface area contributed by atoms with E-state index in [1.807, 2.05) is 29.2 Å². The van der Waals surface area contributed by atoms with Crippen molar-refractivity contribution in [2.75, 3.05) is 43.4 Å². The van der Waals surface area contributed by atoms with Crippen molar-refractivity contribution in [1.29, 1.82) is 0 Å². The Labute approximate surface area is 110 Å². The first-order valence-electron chi connectivity index (χ1n) is 6.34. The molecule has 0 aromatic heterocycles. The molecule has 0 amide bonds. The molecule has 0 atom stereocenters. The van der Waals surface area contributed by atoms with Gasteiger partial charge in [0.1, 0.15) is 0 Å². The maximum atomic E-state index is 12.1. The molecule has 0 bridgehead atoms. The average Bonchev–Trinajstić information content (AvgIpc) is 2.36. The lowest BCUT2D eigenvalue weighted by Gasteiger charge is -2.36. The van der Waals surface area contributed by atoms with Gasteiger partial charge in [0.15, 0.2) is 0 Å². The van der Waals surface area contributed by atoms with Gasteiger partial charge in [-0.3, -0.25) is 4.90 Å². The normalized spacial score (nSPS) is 17.7. The number of piperazine rings is 1. The molecule has 19 heavy (non-hydrogen) atoms. The van der Waals surface area contributed by atoms with Crippen molar-refractivity contribution in [3.63, 3.8) is 0 Å². The summed E-state index contributed by atoms with van der Waals surface area (Å²) in [5.74, 6) is 0. The van der Waals surface area contributed by atoms with Gasteiger partial charge in [0.05, 0.1) is 6.42 Å². The van der Waals surface area contributed by atoms with E-state index in [2.05, 4.69) is 4.90 Å². The van der Waals surface area contributed by atoms with Crippen molar-refractivity contribution in [2.45, 2.75) is 12.6 Å². The summed E-state index contributed by atoms with van der Waals surface area (Å²) in [5, 5.41) is 0. The van der Waals surface area contributed by atoms with Crippen LogP contribution in [0.4, 0.5) is 24.5 Å². The number of nitrogen functional groups attached to an aromatic ring is 1. The molecule has 1 heterocycles. The van der Waals surface area contributed by atoms with Crippen molar-refractivity contribution >= 4 is 11.4 Å². The monoisotopic (exact) mass is 273 g/mol. The molecule has 1 aliphatic heterocycles. The van der Waals surface area contributed by atoms with Gasteiger partial charge in [-0.1, -0.05) is 6.07 Å². The Morgan fingerprint density at radius 1 is 1.11 bits per heavy atom. The fourth-order valence-electron chi connectivity index (χ4n) is 2.24. The van der Waals surface area contributed by atoms with E-state index in [1.165, 1.54) is 0 Å². The number of halogens is 3. The highest BCUT2D eigenvalue weighted by Crippen LogP contribution is 2.22. The van der Waals surface area contributed by atoms with Gasteiger partial charge in [-0.25, -0.2) is 0 Å². The van der Waals surface area contributed by atoms with E-state index in [0.29, 0.717) is 18.8 Å². The van der Waals surface area contributed by atoms with Gasteiger partial charge in [-0.15, -0.1) is 0 Å². The van der Waals surface area contributed by atoms with E-state index in [4.69, 9.17) is 5.73 Å². The summed E-state index contributed by atoms with van der Waals surface area (Å²) in [7, 11) is 0. The number of hydrogen-bond acceptors (Lipinski definition) is 3. The third kappa shape index (κ3) is 4.31. The van der Waals surface area contributed by atoms with Crippen LogP contribution in [0.15, 0.2) is 24.3 Å². The molecular weight excluding hydrogens is 255 g/mol. The third-order valence-electron chi connectivity index (χ3n) is 3.32. The summed E-state index contributed by atoms with van der Waals surface area (Å²) in [6.07, 6.45) is -4.80. The van der Waals surface area contributed by atoms with Crippen LogP contribution in [0.5, 0.6) is 0 Å². The summed E-state index contributed by atoms with van der Waals surface area (Å²) in [4.78, 5) is 4.01. The molecule has 2 N–H and O–H groups in total. The minimum Gasteiger partial charge on any atom is -0.399 e. The highest BCUT2D eigenvalue weighted by atomic mass is 19.4. The molecular formula is C13H18F3N3. The lowest BCUT2D eigenvalue weighted by atomic mass is 10.2. The highest BCUT2D eigenvalue weighted by molar-refractivity contribution is 5.56.